The zero-order valence-corrected chi connectivity index (χ0v) is 11.6. The molecular weight excluding hydrogens is 216 g/mol. The number of ether oxygens (including phenoxy) is 1. The predicted octanol–water partition coefficient (Wildman–Crippen LogP) is 2.52. The Morgan fingerprint density at radius 3 is 1.88 bits per heavy atom. The third-order valence-electron chi connectivity index (χ3n) is 2.08. The van der Waals surface area contributed by atoms with E-state index in [-0.39, 0.29) is 12.2 Å². The first-order valence-electron chi connectivity index (χ1n) is 5.89. The maximum Gasteiger partial charge on any atom is 0.157 e. The second-order valence-corrected chi connectivity index (χ2v) is 4.47. The first-order chi connectivity index (χ1) is 8.00. The number of hydrogen-bond donors (Lipinski definition) is 1. The molecule has 1 N–H and O–H groups in total. The quantitative estimate of drug-likeness (QED) is 0.878. The van der Waals surface area contributed by atoms with Crippen molar-refractivity contribution < 1.29 is 9.84 Å². The molecule has 0 spiro atoms. The van der Waals surface area contributed by atoms with E-state index in [2.05, 4.69) is 23.8 Å². The number of hydrogen-bond acceptors (Lipinski definition) is 4. The molecule has 17 heavy (non-hydrogen) atoms. The maximum absolute atomic E-state index is 7.00. The molecule has 0 amide bonds. The third-order valence-corrected chi connectivity index (χ3v) is 2.08. The molecule has 0 bridgehead atoms. The highest BCUT2D eigenvalue weighted by Crippen LogP contribution is 2.23. The Morgan fingerprint density at radius 2 is 1.53 bits per heavy atom. The van der Waals surface area contributed by atoms with Crippen molar-refractivity contribution in [1.82, 2.24) is 9.97 Å². The minimum absolute atomic E-state index is 0.00870. The van der Waals surface area contributed by atoms with Gasteiger partial charge in [0.1, 0.15) is 6.10 Å². The molecule has 0 aliphatic carbocycles. The summed E-state index contributed by atoms with van der Waals surface area (Å²) in [6.07, 6.45) is 3.86. The van der Waals surface area contributed by atoms with Crippen LogP contribution in [0, 0.1) is 12.8 Å². The summed E-state index contributed by atoms with van der Waals surface area (Å²) in [6.45, 7) is 10.3. The van der Waals surface area contributed by atoms with Crippen molar-refractivity contribution in [3.63, 3.8) is 0 Å². The zero-order valence-electron chi connectivity index (χ0n) is 11.6. The van der Waals surface area contributed by atoms with Gasteiger partial charge in [0.25, 0.3) is 0 Å². The normalized spacial score (nSPS) is 12.3. The summed E-state index contributed by atoms with van der Waals surface area (Å²) in [5.41, 5.74) is 1.07. The largest absolute Gasteiger partial charge is 0.400 e. The molecule has 0 saturated heterocycles. The van der Waals surface area contributed by atoms with Gasteiger partial charge in [-0.15, -0.1) is 0 Å². The zero-order chi connectivity index (χ0) is 13.4. The van der Waals surface area contributed by atoms with Crippen LogP contribution >= 0.6 is 0 Å². The summed E-state index contributed by atoms with van der Waals surface area (Å²) >= 11 is 0. The lowest BCUT2D eigenvalue weighted by molar-refractivity contribution is -0.0250. The van der Waals surface area contributed by atoms with E-state index < -0.39 is 0 Å². The number of rotatable bonds is 4. The van der Waals surface area contributed by atoms with Crippen LogP contribution < -0.4 is 0 Å². The van der Waals surface area contributed by atoms with E-state index >= 15 is 0 Å². The van der Waals surface area contributed by atoms with Gasteiger partial charge < -0.3 is 9.84 Å². The van der Waals surface area contributed by atoms with Crippen molar-refractivity contribution in [1.29, 1.82) is 0 Å². The van der Waals surface area contributed by atoms with E-state index in [0.717, 1.165) is 18.5 Å². The molecule has 1 aromatic heterocycles. The molecule has 98 valence electrons. The fourth-order valence-electron chi connectivity index (χ4n) is 1.36. The molecule has 1 heterocycles. The lowest BCUT2D eigenvalue weighted by Gasteiger charge is -2.22. The van der Waals surface area contributed by atoms with Crippen molar-refractivity contribution >= 4 is 0 Å². The number of aliphatic hydroxyl groups excluding tert-OH is 1. The molecule has 0 unspecified atom stereocenters. The Labute approximate surface area is 104 Å². The van der Waals surface area contributed by atoms with E-state index in [1.807, 2.05) is 33.2 Å². The van der Waals surface area contributed by atoms with Gasteiger partial charge >= 0.3 is 0 Å². The number of aryl methyl sites for hydroxylation is 1. The van der Waals surface area contributed by atoms with Crippen LogP contribution in [0.1, 0.15) is 45.2 Å². The van der Waals surface area contributed by atoms with E-state index in [1.165, 1.54) is 0 Å². The van der Waals surface area contributed by atoms with Crippen LogP contribution in [0.4, 0.5) is 0 Å². The van der Waals surface area contributed by atoms with Crippen molar-refractivity contribution in [2.24, 2.45) is 5.92 Å². The maximum atomic E-state index is 7.00. The number of nitrogens with zero attached hydrogens (tertiary/aromatic N) is 2. The van der Waals surface area contributed by atoms with Gasteiger partial charge in [0.2, 0.25) is 0 Å². The van der Waals surface area contributed by atoms with Crippen LogP contribution in [-0.4, -0.2) is 28.3 Å². The molecule has 1 rings (SSSR count). The fraction of sp³-hybridized carbons (Fsp3) is 0.692. The van der Waals surface area contributed by atoms with Crippen molar-refractivity contribution in [2.75, 3.05) is 7.11 Å². The Balaban J connectivity index is 0.00000121. The van der Waals surface area contributed by atoms with Crippen molar-refractivity contribution in [3.05, 3.63) is 23.8 Å². The Kier molecular flexibility index (Phi) is 7.66. The van der Waals surface area contributed by atoms with Crippen LogP contribution in [0.3, 0.4) is 0 Å². The molecule has 1 aromatic rings. The Bertz CT molecular complexity index is 297. The van der Waals surface area contributed by atoms with Crippen LogP contribution in [0.5, 0.6) is 0 Å². The molecule has 4 heteroatoms. The highest BCUT2D eigenvalue weighted by molar-refractivity contribution is 5.04. The van der Waals surface area contributed by atoms with Gasteiger partial charge in [-0.05, 0) is 32.3 Å². The smallest absolute Gasteiger partial charge is 0.157 e. The van der Waals surface area contributed by atoms with Gasteiger partial charge in [0, 0.05) is 19.5 Å². The highest BCUT2D eigenvalue weighted by atomic mass is 16.5. The third kappa shape index (κ3) is 5.75. The summed E-state index contributed by atoms with van der Waals surface area (Å²) in [5, 5.41) is 7.00. The second-order valence-electron chi connectivity index (χ2n) is 4.47. The second kappa shape index (κ2) is 8.14. The lowest BCUT2D eigenvalue weighted by Crippen LogP contribution is -2.18. The van der Waals surface area contributed by atoms with Crippen LogP contribution in [-0.2, 0) is 4.74 Å². The molecule has 0 aliphatic rings. The molecule has 4 nitrogen and oxygen atoms in total. The molecule has 0 aliphatic heterocycles. The molecule has 0 saturated carbocycles. The van der Waals surface area contributed by atoms with Gasteiger partial charge in [0.15, 0.2) is 5.82 Å². The van der Waals surface area contributed by atoms with E-state index in [1.54, 1.807) is 0 Å². The Morgan fingerprint density at radius 1 is 1.06 bits per heavy atom. The van der Waals surface area contributed by atoms with Gasteiger partial charge in [0.05, 0.1) is 6.10 Å². The number of aliphatic hydroxyl groups is 1. The monoisotopic (exact) mass is 240 g/mol. The average molecular weight is 240 g/mol. The average Bonchev–Trinajstić information content (AvgIpc) is 2.29. The highest BCUT2D eigenvalue weighted by Gasteiger charge is 2.20. The van der Waals surface area contributed by atoms with E-state index in [0.29, 0.717) is 5.92 Å². The summed E-state index contributed by atoms with van der Waals surface area (Å²) in [6, 6.07) is 0. The van der Waals surface area contributed by atoms with Gasteiger partial charge in [-0.2, -0.15) is 0 Å². The topological polar surface area (TPSA) is 55.2 Å². The summed E-state index contributed by atoms with van der Waals surface area (Å²) < 4.78 is 5.81. The Hall–Kier alpha value is -1.00. The summed E-state index contributed by atoms with van der Waals surface area (Å²) in [5.74, 6) is 1.17. The molecule has 0 radical (unpaired) electrons. The van der Waals surface area contributed by atoms with Gasteiger partial charge in [-0.1, -0.05) is 13.8 Å². The molecular formula is C13H24N2O2. The first-order valence-corrected chi connectivity index (χ1v) is 5.89. The molecule has 0 fully saturated rings. The molecule has 0 aromatic carbocycles. The van der Waals surface area contributed by atoms with Crippen molar-refractivity contribution in [2.45, 2.75) is 46.8 Å². The number of aromatic nitrogens is 2. The minimum atomic E-state index is -0.00870. The summed E-state index contributed by atoms with van der Waals surface area (Å²) in [7, 11) is 1.00. The minimum Gasteiger partial charge on any atom is -0.400 e. The van der Waals surface area contributed by atoms with Crippen LogP contribution in [0.25, 0.3) is 0 Å². The van der Waals surface area contributed by atoms with Gasteiger partial charge in [-0.3, -0.25) is 0 Å². The van der Waals surface area contributed by atoms with Crippen LogP contribution in [0.15, 0.2) is 12.4 Å². The standard InChI is InChI=1S/C12H20N2O.CH4O/c1-8(2)11(15-9(3)4)12-13-6-10(5)7-14-12;1-2/h6-9,11H,1-5H3;2H,1H3/t11-;/m1./s1. The van der Waals surface area contributed by atoms with E-state index in [9.17, 15) is 0 Å². The first kappa shape index (κ1) is 16.0. The van der Waals surface area contributed by atoms with Gasteiger partial charge in [-0.25, -0.2) is 9.97 Å². The van der Waals surface area contributed by atoms with E-state index in [4.69, 9.17) is 9.84 Å². The van der Waals surface area contributed by atoms with Crippen LogP contribution in [0.2, 0.25) is 0 Å². The molecule has 1 atom stereocenters. The van der Waals surface area contributed by atoms with Crippen molar-refractivity contribution in [3.8, 4) is 0 Å². The SMILES string of the molecule is CO.Cc1cnc([C@H](OC(C)C)C(C)C)nc1. The predicted molar refractivity (Wildman–Crippen MR) is 68.7 cm³/mol. The lowest BCUT2D eigenvalue weighted by atomic mass is 10.1. The fourth-order valence-corrected chi connectivity index (χ4v) is 1.36. The summed E-state index contributed by atoms with van der Waals surface area (Å²) in [4.78, 5) is 8.63.